The Labute approximate surface area is 66.1 Å². The van der Waals surface area contributed by atoms with E-state index in [9.17, 15) is 4.79 Å². The molecule has 2 heteroatoms. The molecule has 1 aliphatic rings. The van der Waals surface area contributed by atoms with E-state index < -0.39 is 0 Å². The highest BCUT2D eigenvalue weighted by Crippen LogP contribution is 2.33. The van der Waals surface area contributed by atoms with Crippen molar-refractivity contribution in [3.8, 4) is 0 Å². The lowest BCUT2D eigenvalue weighted by Crippen LogP contribution is -2.30. The van der Waals surface area contributed by atoms with Crippen LogP contribution < -0.4 is 0 Å². The minimum atomic E-state index is -0.323. The van der Waals surface area contributed by atoms with Gasteiger partial charge in [0.1, 0.15) is 6.29 Å². The van der Waals surface area contributed by atoms with Gasteiger partial charge in [-0.25, -0.2) is 0 Å². The zero-order valence-corrected chi connectivity index (χ0v) is 6.77. The number of hydrogen-bond donors (Lipinski definition) is 0. The molecule has 0 radical (unpaired) electrons. The lowest BCUT2D eigenvalue weighted by Gasteiger charge is -2.29. The first-order chi connectivity index (χ1) is 4.69. The molecule has 0 saturated carbocycles. The van der Waals surface area contributed by atoms with Crippen LogP contribution >= 0.6 is 11.6 Å². The van der Waals surface area contributed by atoms with Gasteiger partial charge in [0.05, 0.1) is 0 Å². The van der Waals surface area contributed by atoms with Gasteiger partial charge in [0.2, 0.25) is 0 Å². The zero-order valence-electron chi connectivity index (χ0n) is 6.01. The molecule has 0 unspecified atom stereocenters. The van der Waals surface area contributed by atoms with Crippen molar-refractivity contribution in [2.75, 3.05) is 0 Å². The molecule has 0 aromatic rings. The number of alkyl halides is 1. The van der Waals surface area contributed by atoms with Gasteiger partial charge in [-0.05, 0) is 12.8 Å². The molecule has 0 aliphatic heterocycles. The Morgan fingerprint density at radius 2 is 2.40 bits per heavy atom. The average molecular weight is 159 g/mol. The zero-order chi connectivity index (χ0) is 7.61. The van der Waals surface area contributed by atoms with Gasteiger partial charge in [0.15, 0.2) is 0 Å². The van der Waals surface area contributed by atoms with E-state index in [0.717, 1.165) is 19.1 Å². The first kappa shape index (κ1) is 7.80. The van der Waals surface area contributed by atoms with Gasteiger partial charge in [-0.3, -0.25) is 0 Å². The summed E-state index contributed by atoms with van der Waals surface area (Å²) >= 11 is 5.94. The molecule has 0 bridgehead atoms. The second kappa shape index (κ2) is 2.75. The predicted octanol–water partition coefficient (Wildman–Crippen LogP) is 2.15. The van der Waals surface area contributed by atoms with Crippen LogP contribution in [0.5, 0.6) is 0 Å². The largest absolute Gasteiger partial charge is 0.303 e. The third-order valence-corrected chi connectivity index (χ3v) is 2.73. The first-order valence-corrected chi connectivity index (χ1v) is 3.88. The second-order valence-electron chi connectivity index (χ2n) is 3.00. The molecule has 1 rings (SSSR count). The molecular weight excluding hydrogens is 148 g/mol. The third-order valence-electron chi connectivity index (χ3n) is 2.05. The molecule has 1 aliphatic carbocycles. The van der Waals surface area contributed by atoms with Crippen LogP contribution in [0.15, 0.2) is 12.2 Å². The molecule has 10 heavy (non-hydrogen) atoms. The molecule has 0 saturated heterocycles. The normalized spacial score (nSPS) is 39.6. The van der Waals surface area contributed by atoms with Gasteiger partial charge in [-0.15, -0.1) is 11.6 Å². The monoisotopic (exact) mass is 158 g/mol. The minimum Gasteiger partial charge on any atom is -0.303 e. The Hall–Kier alpha value is -0.300. The van der Waals surface area contributed by atoms with Crippen LogP contribution in [0.2, 0.25) is 0 Å². The van der Waals surface area contributed by atoms with E-state index in [2.05, 4.69) is 0 Å². The van der Waals surface area contributed by atoms with Crippen LogP contribution in [-0.2, 0) is 4.79 Å². The summed E-state index contributed by atoms with van der Waals surface area (Å²) in [5, 5.41) is -0.0185. The number of carbonyl (C=O) groups excluding carboxylic acids is 1. The van der Waals surface area contributed by atoms with E-state index in [1.807, 2.05) is 19.1 Å². The molecule has 0 heterocycles. The number of halogens is 1. The fourth-order valence-corrected chi connectivity index (χ4v) is 1.32. The van der Waals surface area contributed by atoms with Crippen molar-refractivity contribution in [3.63, 3.8) is 0 Å². The quantitative estimate of drug-likeness (QED) is 0.325. The Kier molecular flexibility index (Phi) is 2.14. The molecule has 1 nitrogen and oxygen atoms in total. The highest BCUT2D eigenvalue weighted by atomic mass is 35.5. The smallest absolute Gasteiger partial charge is 0.127 e. The van der Waals surface area contributed by atoms with E-state index in [0.29, 0.717) is 0 Å². The van der Waals surface area contributed by atoms with Crippen LogP contribution in [0.3, 0.4) is 0 Å². The number of aldehydes is 1. The van der Waals surface area contributed by atoms with Crippen molar-refractivity contribution in [2.24, 2.45) is 5.41 Å². The Morgan fingerprint density at radius 1 is 1.70 bits per heavy atom. The molecule has 0 fully saturated rings. The van der Waals surface area contributed by atoms with E-state index in [4.69, 9.17) is 11.6 Å². The Bertz CT molecular complexity index is 165. The summed E-state index contributed by atoms with van der Waals surface area (Å²) in [7, 11) is 0. The number of carbonyl (C=O) groups is 1. The van der Waals surface area contributed by atoms with Crippen molar-refractivity contribution in [2.45, 2.75) is 25.1 Å². The molecule has 0 amide bonds. The minimum absolute atomic E-state index is 0.0185. The first-order valence-electron chi connectivity index (χ1n) is 3.44. The number of hydrogen-bond acceptors (Lipinski definition) is 1. The maximum absolute atomic E-state index is 10.6. The van der Waals surface area contributed by atoms with Crippen molar-refractivity contribution in [3.05, 3.63) is 12.2 Å². The molecule has 2 atom stereocenters. The van der Waals surface area contributed by atoms with Crippen LogP contribution in [0.1, 0.15) is 19.8 Å². The van der Waals surface area contributed by atoms with Crippen molar-refractivity contribution in [1.29, 1.82) is 0 Å². The fourth-order valence-electron chi connectivity index (χ4n) is 1.07. The fraction of sp³-hybridized carbons (Fsp3) is 0.625. The molecule has 0 N–H and O–H groups in total. The summed E-state index contributed by atoms with van der Waals surface area (Å²) in [4.78, 5) is 10.6. The lowest BCUT2D eigenvalue weighted by molar-refractivity contribution is -0.115. The van der Waals surface area contributed by atoms with Crippen LogP contribution in [0.4, 0.5) is 0 Å². The highest BCUT2D eigenvalue weighted by Gasteiger charge is 2.32. The molecule has 0 aromatic heterocycles. The van der Waals surface area contributed by atoms with E-state index in [1.165, 1.54) is 0 Å². The van der Waals surface area contributed by atoms with Crippen molar-refractivity contribution in [1.82, 2.24) is 0 Å². The molecule has 0 spiro atoms. The topological polar surface area (TPSA) is 17.1 Å². The van der Waals surface area contributed by atoms with E-state index in [-0.39, 0.29) is 10.8 Å². The maximum atomic E-state index is 10.6. The summed E-state index contributed by atoms with van der Waals surface area (Å²) in [6.45, 7) is 1.90. The lowest BCUT2D eigenvalue weighted by atomic mass is 9.80. The average Bonchev–Trinajstić information content (AvgIpc) is 1.96. The van der Waals surface area contributed by atoms with E-state index >= 15 is 0 Å². The predicted molar refractivity (Wildman–Crippen MR) is 42.2 cm³/mol. The molecular formula is C8H11ClO. The number of allylic oxidation sites excluding steroid dienone is 2. The third kappa shape index (κ3) is 1.24. The van der Waals surface area contributed by atoms with Gasteiger partial charge in [0, 0.05) is 10.8 Å². The van der Waals surface area contributed by atoms with Gasteiger partial charge in [0.25, 0.3) is 0 Å². The summed E-state index contributed by atoms with van der Waals surface area (Å²) in [5.74, 6) is 0. The summed E-state index contributed by atoms with van der Waals surface area (Å²) in [6, 6.07) is 0. The summed E-state index contributed by atoms with van der Waals surface area (Å²) < 4.78 is 0. The summed E-state index contributed by atoms with van der Waals surface area (Å²) in [5.41, 5.74) is -0.323. The van der Waals surface area contributed by atoms with Crippen molar-refractivity contribution >= 4 is 17.9 Å². The summed E-state index contributed by atoms with van der Waals surface area (Å²) in [6.07, 6.45) is 6.62. The SMILES string of the molecule is C[C@]1(C=O)CC=CC[C@H]1Cl. The standard InChI is InChI=1S/C8H11ClO/c1-8(6-10)5-3-2-4-7(8)9/h2-3,6-7H,4-5H2,1H3/t7-,8-/m1/s1. The van der Waals surface area contributed by atoms with Gasteiger partial charge < -0.3 is 4.79 Å². The molecule has 56 valence electrons. The van der Waals surface area contributed by atoms with Crippen LogP contribution in [0.25, 0.3) is 0 Å². The number of rotatable bonds is 1. The van der Waals surface area contributed by atoms with E-state index in [1.54, 1.807) is 0 Å². The molecule has 0 aromatic carbocycles. The maximum Gasteiger partial charge on any atom is 0.127 e. The van der Waals surface area contributed by atoms with Crippen LogP contribution in [-0.4, -0.2) is 11.7 Å². The van der Waals surface area contributed by atoms with Crippen LogP contribution in [0, 0.1) is 5.41 Å². The van der Waals surface area contributed by atoms with Gasteiger partial charge >= 0.3 is 0 Å². The second-order valence-corrected chi connectivity index (χ2v) is 3.53. The van der Waals surface area contributed by atoms with Crippen molar-refractivity contribution < 1.29 is 4.79 Å². The van der Waals surface area contributed by atoms with Gasteiger partial charge in [-0.2, -0.15) is 0 Å². The van der Waals surface area contributed by atoms with Gasteiger partial charge in [-0.1, -0.05) is 19.1 Å². The Morgan fingerprint density at radius 3 is 2.80 bits per heavy atom. The Balaban J connectivity index is 2.75. The highest BCUT2D eigenvalue weighted by molar-refractivity contribution is 6.22.